The molecule has 0 saturated carbocycles. The van der Waals surface area contributed by atoms with Gasteiger partial charge in [-0.05, 0) is 59.7 Å². The molecule has 5 amide bonds. The zero-order valence-electron chi connectivity index (χ0n) is 45.0. The molecule has 284 valence electrons. The predicted molar refractivity (Wildman–Crippen MR) is 198 cm³/mol. The number of imidazole rings is 1. The van der Waals surface area contributed by atoms with Crippen LogP contribution in [0, 0.1) is 11.8 Å². The van der Waals surface area contributed by atoms with Gasteiger partial charge in [-0.15, -0.1) is 0 Å². The Hall–Kier alpha value is -5.40. The average molecular weight is 746 g/mol. The number of amides is 5. The normalized spacial score (nSPS) is 25.1. The zero-order chi connectivity index (χ0) is 51.9. The van der Waals surface area contributed by atoms with Crippen molar-refractivity contribution in [3.05, 3.63) is 66.1 Å². The number of aromatic amines is 1. The quantitative estimate of drug-likeness (QED) is 0.205. The topological polar surface area (TPSA) is 175 Å². The van der Waals surface area contributed by atoms with Gasteiger partial charge >= 0.3 is 12.2 Å². The molecule has 53 heavy (non-hydrogen) atoms. The maximum Gasteiger partial charge on any atom is 0.407 e. The fraction of sp³-hybridized carbons (Fsp3) is 0.487. The van der Waals surface area contributed by atoms with E-state index in [9.17, 15) is 24.0 Å². The number of H-pyrrole nitrogens is 1. The summed E-state index contributed by atoms with van der Waals surface area (Å²) in [5.41, 5.74) is 3.30. The van der Waals surface area contributed by atoms with Crippen molar-refractivity contribution in [1.82, 2.24) is 35.7 Å². The molecule has 0 spiro atoms. The number of likely N-dealkylation sites (tertiary alicyclic amines) is 2. The third-order valence-corrected chi connectivity index (χ3v) is 8.94. The molecule has 14 heteroatoms. The van der Waals surface area contributed by atoms with Gasteiger partial charge in [-0.25, -0.2) is 14.6 Å². The Kier molecular flexibility index (Phi) is 7.43. The van der Waals surface area contributed by atoms with Crippen LogP contribution in [-0.4, -0.2) is 95.1 Å². The van der Waals surface area contributed by atoms with Crippen LogP contribution in [0.2, 0.25) is 0 Å². The summed E-state index contributed by atoms with van der Waals surface area (Å²) < 4.78 is 139. The smallest absolute Gasteiger partial charge is 0.407 e. The molecule has 0 radical (unpaired) electrons. The van der Waals surface area contributed by atoms with Gasteiger partial charge in [0.15, 0.2) is 0 Å². The minimum atomic E-state index is -3.89. The highest BCUT2D eigenvalue weighted by molar-refractivity contribution is 5.92. The van der Waals surface area contributed by atoms with Gasteiger partial charge in [0.05, 0.1) is 34.9 Å². The predicted octanol–water partition coefficient (Wildman–Crippen LogP) is 4.78. The van der Waals surface area contributed by atoms with Gasteiger partial charge in [0, 0.05) is 38.8 Å². The monoisotopic (exact) mass is 745 g/mol. The lowest BCUT2D eigenvalue weighted by atomic mass is 10.0. The van der Waals surface area contributed by atoms with Gasteiger partial charge < -0.3 is 40.2 Å². The molecular weight excluding hydrogens is 678 g/mol. The highest BCUT2D eigenvalue weighted by Crippen LogP contribution is 2.33. The SMILES string of the molecule is [2H]C([2H])([2H])C([2H])(C([2H])([2H])[2H])C([2H])(NC(=O)OC)C(=O)N1CCC[C@H]1C(=O)NCc1ccc(-c2ccc(-c3cnc([C@@H]4CCCN4C(=O)C([2H])(NC(=O)OC)C([2H])(C([2H])([2H])[2H])C([2H])([2H])[2H])[nH]3)cc2)cc1. The number of benzene rings is 2. The Balaban J connectivity index is 1.28. The number of ether oxygens (including phenoxy) is 2. The Morgan fingerprint density at radius 2 is 1.34 bits per heavy atom. The van der Waals surface area contributed by atoms with Crippen LogP contribution in [0.1, 0.15) is 92.5 Å². The van der Waals surface area contributed by atoms with Gasteiger partial charge in [0.25, 0.3) is 0 Å². The van der Waals surface area contributed by atoms with Crippen molar-refractivity contribution in [2.75, 3.05) is 27.3 Å². The molecule has 4 N–H and O–H groups in total. The molecule has 2 aliphatic heterocycles. The molecule has 2 saturated heterocycles. The molecule has 3 aromatic rings. The highest BCUT2D eigenvalue weighted by Gasteiger charge is 2.39. The van der Waals surface area contributed by atoms with Crippen molar-refractivity contribution in [3.8, 4) is 22.4 Å². The first-order chi connectivity index (χ1) is 31.7. The summed E-state index contributed by atoms with van der Waals surface area (Å²) in [6.45, 7) is -15.5. The zero-order valence-corrected chi connectivity index (χ0v) is 29.0. The van der Waals surface area contributed by atoms with Crippen LogP contribution in [0.3, 0.4) is 0 Å². The number of methoxy groups -OCH3 is 2. The Morgan fingerprint density at radius 3 is 1.92 bits per heavy atom. The van der Waals surface area contributed by atoms with E-state index in [0.717, 1.165) is 35.1 Å². The molecule has 4 atom stereocenters. The Morgan fingerprint density at radius 1 is 0.811 bits per heavy atom. The summed E-state index contributed by atoms with van der Waals surface area (Å²) in [5, 5.41) is 6.10. The number of nitrogens with zero attached hydrogens (tertiary/aromatic N) is 3. The van der Waals surface area contributed by atoms with Gasteiger partial charge in [0.2, 0.25) is 17.7 Å². The van der Waals surface area contributed by atoms with E-state index in [2.05, 4.69) is 24.8 Å². The van der Waals surface area contributed by atoms with E-state index in [4.69, 9.17) is 21.9 Å². The number of rotatable bonds is 12. The second-order valence-electron chi connectivity index (χ2n) is 12.2. The summed E-state index contributed by atoms with van der Waals surface area (Å²) in [5.74, 6) is -11.3. The number of hydrogen-bond acceptors (Lipinski definition) is 8. The maximum atomic E-state index is 14.1. The van der Waals surface area contributed by atoms with Crippen LogP contribution >= 0.6 is 0 Å². The summed E-state index contributed by atoms with van der Waals surface area (Å²) in [6.07, 6.45) is -0.711. The minimum absolute atomic E-state index is 0.0461. The summed E-state index contributed by atoms with van der Waals surface area (Å²) >= 11 is 0. The fourth-order valence-electron chi connectivity index (χ4n) is 6.23. The first kappa shape index (κ1) is 22.6. The first-order valence-corrected chi connectivity index (χ1v) is 16.6. The van der Waals surface area contributed by atoms with Crippen LogP contribution < -0.4 is 16.0 Å². The molecule has 14 nitrogen and oxygen atoms in total. The van der Waals surface area contributed by atoms with Gasteiger partial charge in [0.1, 0.15) is 23.9 Å². The molecular formula is C39H51N7O7. The molecule has 1 aromatic heterocycles. The number of hydrogen-bond donors (Lipinski definition) is 4. The molecule has 2 aromatic carbocycles. The highest BCUT2D eigenvalue weighted by atomic mass is 16.5. The van der Waals surface area contributed by atoms with Gasteiger partial charge in [-0.2, -0.15) is 0 Å². The second kappa shape index (κ2) is 17.4. The van der Waals surface area contributed by atoms with Crippen LogP contribution in [0.25, 0.3) is 22.4 Å². The summed E-state index contributed by atoms with van der Waals surface area (Å²) in [4.78, 5) is 75.6. The average Bonchev–Trinajstić information content (AvgIpc) is 4.08. The maximum absolute atomic E-state index is 14.1. The summed E-state index contributed by atoms with van der Waals surface area (Å²) in [7, 11) is 1.70. The van der Waals surface area contributed by atoms with Gasteiger partial charge in [-0.3, -0.25) is 14.4 Å². The van der Waals surface area contributed by atoms with Crippen molar-refractivity contribution in [1.29, 1.82) is 0 Å². The lowest BCUT2D eigenvalue weighted by Gasteiger charge is -2.30. The molecule has 3 heterocycles. The number of alkyl carbamates (subject to hydrolysis) is 2. The van der Waals surface area contributed by atoms with Gasteiger partial charge in [-0.1, -0.05) is 75.9 Å². The number of aromatic nitrogens is 2. The van der Waals surface area contributed by atoms with E-state index >= 15 is 0 Å². The number of nitrogens with one attached hydrogen (secondary N) is 4. The van der Waals surface area contributed by atoms with Crippen LogP contribution in [-0.2, 0) is 30.4 Å². The van der Waals surface area contributed by atoms with Crippen LogP contribution in [0.5, 0.6) is 0 Å². The van der Waals surface area contributed by atoms with E-state index in [-0.39, 0.29) is 44.7 Å². The van der Waals surface area contributed by atoms with Crippen molar-refractivity contribution >= 4 is 29.9 Å². The largest absolute Gasteiger partial charge is 0.453 e. The fourth-order valence-corrected chi connectivity index (χ4v) is 6.23. The number of carbonyl (C=O) groups excluding carboxylic acids is 5. The van der Waals surface area contributed by atoms with Crippen molar-refractivity contribution < 1.29 is 55.4 Å². The first-order valence-electron chi connectivity index (χ1n) is 24.6. The van der Waals surface area contributed by atoms with E-state index in [1.165, 1.54) is 6.20 Å². The van der Waals surface area contributed by atoms with E-state index in [1.807, 2.05) is 0 Å². The molecule has 0 aliphatic carbocycles. The van der Waals surface area contributed by atoms with Crippen LogP contribution in [0.4, 0.5) is 9.59 Å². The number of carbonyl (C=O) groups is 5. The van der Waals surface area contributed by atoms with E-state index in [1.54, 1.807) is 59.2 Å². The molecule has 2 unspecified atom stereocenters. The Labute approximate surface area is 332 Å². The lowest BCUT2D eigenvalue weighted by molar-refractivity contribution is -0.140. The summed E-state index contributed by atoms with van der Waals surface area (Å²) in [6, 6.07) is 4.72. The van der Waals surface area contributed by atoms with Crippen molar-refractivity contribution in [3.63, 3.8) is 0 Å². The minimum Gasteiger partial charge on any atom is -0.453 e. The van der Waals surface area contributed by atoms with Crippen LogP contribution in [0.15, 0.2) is 54.7 Å². The standard InChI is InChI=1S/C39H51N7O7/c1-23(2)32(43-38(50)52-5)36(48)45-19-7-9-30(45)34-40-22-29(42-34)28-17-15-27(16-18-28)26-13-11-25(12-14-26)21-41-35(47)31-10-8-20-46(31)37(49)33(24(3)4)44-39(51)53-6/h11-18,22-24,30-33H,7-10,19-21H2,1-6H3,(H,40,42)(H,41,47)(H,43,50)(H,44,51)/t30-,31-,32?,33?/m0/s1/i1D3,2D3,3D3,4D3,23D,24D,32D,33D. The lowest BCUT2D eigenvalue weighted by Crippen LogP contribution is -2.55. The molecule has 0 bridgehead atoms. The second-order valence-corrected chi connectivity index (χ2v) is 12.2. The molecule has 2 fully saturated rings. The van der Waals surface area contributed by atoms with Crippen molar-refractivity contribution in [2.24, 2.45) is 11.8 Å². The van der Waals surface area contributed by atoms with Crippen molar-refractivity contribution in [2.45, 2.75) is 83.8 Å². The third kappa shape index (κ3) is 9.16. The van der Waals surface area contributed by atoms with E-state index < -0.39 is 93.2 Å². The Bertz CT molecular complexity index is 2370. The van der Waals surface area contributed by atoms with E-state index in [0.29, 0.717) is 23.2 Å². The third-order valence-electron chi connectivity index (χ3n) is 8.94. The molecule has 5 rings (SSSR count). The molecule has 2 aliphatic rings.